The van der Waals surface area contributed by atoms with E-state index in [4.69, 9.17) is 14.3 Å². The Hall–Kier alpha value is -1.92. The van der Waals surface area contributed by atoms with Crippen molar-refractivity contribution < 1.29 is 23.9 Å². The minimum atomic E-state index is -0.536. The zero-order chi connectivity index (χ0) is 16.2. The first kappa shape index (κ1) is 18.1. The van der Waals surface area contributed by atoms with Gasteiger partial charge < -0.3 is 9.47 Å². The molecule has 0 aliphatic heterocycles. The van der Waals surface area contributed by atoms with Crippen LogP contribution in [0, 0.1) is 0 Å². The van der Waals surface area contributed by atoms with Gasteiger partial charge in [0.25, 0.3) is 0 Å². The molecule has 0 bridgehead atoms. The molecular formula is C16H23NO5. The predicted octanol–water partition coefficient (Wildman–Crippen LogP) is 1.98. The minimum Gasteiger partial charge on any atom is -0.468 e. The van der Waals surface area contributed by atoms with E-state index in [9.17, 15) is 9.59 Å². The Morgan fingerprint density at radius 2 is 1.91 bits per heavy atom. The average Bonchev–Trinajstić information content (AvgIpc) is 2.53. The van der Waals surface area contributed by atoms with Crippen LogP contribution in [0.3, 0.4) is 0 Å². The van der Waals surface area contributed by atoms with Gasteiger partial charge in [0.1, 0.15) is 6.04 Å². The summed E-state index contributed by atoms with van der Waals surface area (Å²) in [5.41, 5.74) is 3.74. The van der Waals surface area contributed by atoms with Crippen LogP contribution in [0.2, 0.25) is 0 Å². The summed E-state index contributed by atoms with van der Waals surface area (Å²) in [5, 5.41) is 0. The number of unbranched alkanes of at least 4 members (excludes halogenated alkanes) is 1. The first-order valence-corrected chi connectivity index (χ1v) is 7.26. The van der Waals surface area contributed by atoms with Crippen molar-refractivity contribution in [2.45, 2.75) is 38.8 Å². The predicted molar refractivity (Wildman–Crippen MR) is 80.7 cm³/mol. The lowest BCUT2D eigenvalue weighted by molar-refractivity contribution is -0.149. The number of hydrogen-bond acceptors (Lipinski definition) is 6. The summed E-state index contributed by atoms with van der Waals surface area (Å²) in [4.78, 5) is 27.7. The Morgan fingerprint density at radius 3 is 2.55 bits per heavy atom. The van der Waals surface area contributed by atoms with Crippen LogP contribution in [0.4, 0.5) is 0 Å². The molecule has 0 aliphatic carbocycles. The van der Waals surface area contributed by atoms with Gasteiger partial charge in [-0.15, -0.1) is 0 Å². The number of ether oxygens (including phenoxy) is 2. The molecule has 6 heteroatoms. The molecule has 0 saturated heterocycles. The number of rotatable bonds is 10. The van der Waals surface area contributed by atoms with Gasteiger partial charge in [0, 0.05) is 6.92 Å². The topological polar surface area (TPSA) is 73.9 Å². The van der Waals surface area contributed by atoms with Crippen molar-refractivity contribution in [3.8, 4) is 0 Å². The SMILES string of the molecule is COC(=O)C(CCCCOC(C)=O)NOCc1ccccc1. The molecule has 0 spiro atoms. The fourth-order valence-corrected chi connectivity index (χ4v) is 1.83. The zero-order valence-corrected chi connectivity index (χ0v) is 13.0. The first-order chi connectivity index (χ1) is 10.6. The number of nitrogens with one attached hydrogen (secondary N) is 1. The Kier molecular flexibility index (Phi) is 8.86. The van der Waals surface area contributed by atoms with E-state index in [-0.39, 0.29) is 11.9 Å². The van der Waals surface area contributed by atoms with Gasteiger partial charge in [-0.05, 0) is 24.8 Å². The van der Waals surface area contributed by atoms with Gasteiger partial charge >= 0.3 is 11.9 Å². The summed E-state index contributed by atoms with van der Waals surface area (Å²) in [6, 6.07) is 9.11. The van der Waals surface area contributed by atoms with Crippen molar-refractivity contribution in [2.24, 2.45) is 0 Å². The normalized spacial score (nSPS) is 11.7. The summed E-state index contributed by atoms with van der Waals surface area (Å²) in [6.07, 6.45) is 1.95. The molecule has 1 aromatic carbocycles. The lowest BCUT2D eigenvalue weighted by Gasteiger charge is -2.16. The van der Waals surface area contributed by atoms with Crippen molar-refractivity contribution in [2.75, 3.05) is 13.7 Å². The molecule has 0 radical (unpaired) electrons. The van der Waals surface area contributed by atoms with Gasteiger partial charge in [0.2, 0.25) is 0 Å². The van der Waals surface area contributed by atoms with Crippen LogP contribution in [0.15, 0.2) is 30.3 Å². The van der Waals surface area contributed by atoms with E-state index >= 15 is 0 Å². The molecule has 22 heavy (non-hydrogen) atoms. The maximum absolute atomic E-state index is 11.7. The molecule has 122 valence electrons. The van der Waals surface area contributed by atoms with Crippen molar-refractivity contribution in [3.63, 3.8) is 0 Å². The molecule has 0 saturated carbocycles. The van der Waals surface area contributed by atoms with Gasteiger partial charge in [-0.3, -0.25) is 14.4 Å². The lowest BCUT2D eigenvalue weighted by Crippen LogP contribution is -2.37. The van der Waals surface area contributed by atoms with Gasteiger partial charge in [-0.25, -0.2) is 0 Å². The summed E-state index contributed by atoms with van der Waals surface area (Å²) in [6.45, 7) is 2.09. The number of hydrogen-bond donors (Lipinski definition) is 1. The van der Waals surface area contributed by atoms with Crippen LogP contribution in [0.25, 0.3) is 0 Å². The van der Waals surface area contributed by atoms with E-state index in [0.717, 1.165) is 12.0 Å². The number of benzene rings is 1. The largest absolute Gasteiger partial charge is 0.468 e. The highest BCUT2D eigenvalue weighted by atomic mass is 16.6. The molecule has 0 aromatic heterocycles. The van der Waals surface area contributed by atoms with E-state index in [1.165, 1.54) is 14.0 Å². The Labute approximate surface area is 130 Å². The number of carbonyl (C=O) groups excluding carboxylic acids is 2. The zero-order valence-electron chi connectivity index (χ0n) is 13.0. The summed E-state index contributed by atoms with van der Waals surface area (Å²) in [7, 11) is 1.34. The molecule has 0 fully saturated rings. The van der Waals surface area contributed by atoms with Crippen LogP contribution < -0.4 is 5.48 Å². The Morgan fingerprint density at radius 1 is 1.18 bits per heavy atom. The van der Waals surface area contributed by atoms with Crippen molar-refractivity contribution in [1.82, 2.24) is 5.48 Å². The Bertz CT molecular complexity index is 449. The average molecular weight is 309 g/mol. The standard InChI is InChI=1S/C16H23NO5/c1-13(18)21-11-7-6-10-15(16(19)20-2)17-22-12-14-8-4-3-5-9-14/h3-5,8-9,15,17H,6-7,10-12H2,1-2H3. The molecule has 0 heterocycles. The second-order valence-electron chi connectivity index (χ2n) is 4.80. The number of methoxy groups -OCH3 is 1. The molecule has 0 amide bonds. The maximum atomic E-state index is 11.7. The fourth-order valence-electron chi connectivity index (χ4n) is 1.83. The van der Waals surface area contributed by atoms with Crippen LogP contribution in [0.5, 0.6) is 0 Å². The quantitative estimate of drug-likeness (QED) is 0.405. The number of esters is 2. The maximum Gasteiger partial charge on any atom is 0.325 e. The summed E-state index contributed by atoms with van der Waals surface area (Å²) in [5.74, 6) is -0.672. The molecule has 1 N–H and O–H groups in total. The summed E-state index contributed by atoms with van der Waals surface area (Å²) < 4.78 is 9.59. The first-order valence-electron chi connectivity index (χ1n) is 7.26. The molecule has 1 unspecified atom stereocenters. The van der Waals surface area contributed by atoms with E-state index in [0.29, 0.717) is 26.1 Å². The van der Waals surface area contributed by atoms with Crippen molar-refractivity contribution in [1.29, 1.82) is 0 Å². The van der Waals surface area contributed by atoms with Crippen LogP contribution >= 0.6 is 0 Å². The molecule has 1 rings (SSSR count). The molecule has 6 nitrogen and oxygen atoms in total. The monoisotopic (exact) mass is 309 g/mol. The molecule has 1 aromatic rings. The van der Waals surface area contributed by atoms with Gasteiger partial charge in [0.15, 0.2) is 0 Å². The Balaban J connectivity index is 2.28. The lowest BCUT2D eigenvalue weighted by atomic mass is 10.1. The highest BCUT2D eigenvalue weighted by Crippen LogP contribution is 2.05. The van der Waals surface area contributed by atoms with Crippen LogP contribution in [-0.4, -0.2) is 31.7 Å². The van der Waals surface area contributed by atoms with Gasteiger partial charge in [-0.2, -0.15) is 5.48 Å². The van der Waals surface area contributed by atoms with E-state index in [2.05, 4.69) is 5.48 Å². The van der Waals surface area contributed by atoms with E-state index < -0.39 is 6.04 Å². The van der Waals surface area contributed by atoms with E-state index in [1.54, 1.807) is 0 Å². The third-order valence-corrected chi connectivity index (χ3v) is 2.99. The smallest absolute Gasteiger partial charge is 0.325 e. The van der Waals surface area contributed by atoms with Crippen molar-refractivity contribution in [3.05, 3.63) is 35.9 Å². The summed E-state index contributed by atoms with van der Waals surface area (Å²) >= 11 is 0. The third kappa shape index (κ3) is 7.75. The molecule has 0 aliphatic rings. The third-order valence-electron chi connectivity index (χ3n) is 2.99. The number of hydroxylamine groups is 1. The highest BCUT2D eigenvalue weighted by molar-refractivity contribution is 5.75. The van der Waals surface area contributed by atoms with Gasteiger partial charge in [0.05, 0.1) is 20.3 Å². The van der Waals surface area contributed by atoms with Gasteiger partial charge in [-0.1, -0.05) is 30.3 Å². The van der Waals surface area contributed by atoms with Crippen LogP contribution in [-0.2, 0) is 30.5 Å². The second kappa shape index (κ2) is 10.8. The van der Waals surface area contributed by atoms with Crippen LogP contribution in [0.1, 0.15) is 31.7 Å². The molecule has 1 atom stereocenters. The second-order valence-corrected chi connectivity index (χ2v) is 4.80. The van der Waals surface area contributed by atoms with Crippen molar-refractivity contribution >= 4 is 11.9 Å². The van der Waals surface area contributed by atoms with E-state index in [1.807, 2.05) is 30.3 Å². The fraction of sp³-hybridized carbons (Fsp3) is 0.500. The number of carbonyl (C=O) groups is 2. The minimum absolute atomic E-state index is 0.297. The highest BCUT2D eigenvalue weighted by Gasteiger charge is 2.18. The molecular weight excluding hydrogens is 286 g/mol.